The van der Waals surface area contributed by atoms with Gasteiger partial charge in [-0.05, 0) is 32.4 Å². The van der Waals surface area contributed by atoms with Gasteiger partial charge in [0.05, 0.1) is 6.54 Å². The average molecular weight is 244 g/mol. The fourth-order valence-corrected chi connectivity index (χ4v) is 3.27. The van der Waals surface area contributed by atoms with Crippen molar-refractivity contribution >= 4 is 17.7 Å². The van der Waals surface area contributed by atoms with Crippen LogP contribution in [0.1, 0.15) is 33.6 Å². The second kappa shape index (κ2) is 7.17. The maximum atomic E-state index is 11.8. The van der Waals surface area contributed by atoms with Crippen LogP contribution in [0.15, 0.2) is 0 Å². The molecule has 4 heteroatoms. The minimum Gasteiger partial charge on any atom is -0.342 e. The number of amides is 1. The van der Waals surface area contributed by atoms with E-state index in [1.54, 1.807) is 0 Å². The predicted octanol–water partition coefficient (Wildman–Crippen LogP) is 1.73. The van der Waals surface area contributed by atoms with E-state index in [1.807, 2.05) is 30.5 Å². The van der Waals surface area contributed by atoms with Crippen molar-refractivity contribution in [3.63, 3.8) is 0 Å². The molecule has 0 aromatic rings. The minimum atomic E-state index is 0.229. The molecule has 1 amide bonds. The number of hydrogen-bond donors (Lipinski definition) is 1. The van der Waals surface area contributed by atoms with Crippen molar-refractivity contribution in [3.05, 3.63) is 0 Å². The molecule has 1 N–H and O–H groups in total. The zero-order valence-electron chi connectivity index (χ0n) is 10.7. The molecule has 2 unspecified atom stereocenters. The molecule has 0 aromatic carbocycles. The van der Waals surface area contributed by atoms with E-state index in [4.69, 9.17) is 0 Å². The van der Waals surface area contributed by atoms with Gasteiger partial charge in [-0.3, -0.25) is 4.79 Å². The van der Waals surface area contributed by atoms with Crippen LogP contribution in [-0.4, -0.2) is 47.5 Å². The Kier molecular flexibility index (Phi) is 6.21. The topological polar surface area (TPSA) is 32.3 Å². The molecular formula is C12H24N2OS. The Labute approximate surface area is 103 Å². The molecule has 1 rings (SSSR count). The van der Waals surface area contributed by atoms with Crippen molar-refractivity contribution in [2.24, 2.45) is 0 Å². The Morgan fingerprint density at radius 1 is 1.44 bits per heavy atom. The molecule has 2 atom stereocenters. The monoisotopic (exact) mass is 244 g/mol. The molecule has 0 aromatic heterocycles. The first-order valence-corrected chi connectivity index (χ1v) is 7.36. The van der Waals surface area contributed by atoms with Crippen molar-refractivity contribution in [1.29, 1.82) is 0 Å². The number of nitrogens with zero attached hydrogens (tertiary/aromatic N) is 1. The third kappa shape index (κ3) is 3.98. The number of carbonyl (C=O) groups is 1. The lowest BCUT2D eigenvalue weighted by Gasteiger charge is -2.30. The quantitative estimate of drug-likeness (QED) is 0.799. The highest BCUT2D eigenvalue weighted by atomic mass is 32.2. The SMILES string of the molecule is CCN(CC)C(=O)CNC1CCCSC1C. The molecule has 1 aliphatic rings. The summed E-state index contributed by atoms with van der Waals surface area (Å²) in [6, 6.07) is 0.512. The van der Waals surface area contributed by atoms with Crippen molar-refractivity contribution < 1.29 is 4.79 Å². The standard InChI is InChI=1S/C12H24N2OS/c1-4-14(5-2)12(15)9-13-11-7-6-8-16-10(11)3/h10-11,13H,4-9H2,1-3H3. The molecule has 16 heavy (non-hydrogen) atoms. The number of rotatable bonds is 5. The Balaban J connectivity index is 2.29. The van der Waals surface area contributed by atoms with E-state index in [-0.39, 0.29) is 5.91 Å². The zero-order chi connectivity index (χ0) is 12.0. The first-order chi connectivity index (χ1) is 7.69. The molecule has 94 valence electrons. The Bertz CT molecular complexity index is 219. The molecule has 1 heterocycles. The summed E-state index contributed by atoms with van der Waals surface area (Å²) >= 11 is 2.01. The fourth-order valence-electron chi connectivity index (χ4n) is 2.10. The maximum absolute atomic E-state index is 11.8. The van der Waals surface area contributed by atoms with E-state index in [0.717, 1.165) is 13.1 Å². The highest BCUT2D eigenvalue weighted by Gasteiger charge is 2.22. The van der Waals surface area contributed by atoms with Crippen LogP contribution in [0, 0.1) is 0 Å². The molecule has 0 saturated carbocycles. The van der Waals surface area contributed by atoms with Crippen molar-refractivity contribution in [2.75, 3.05) is 25.4 Å². The normalized spacial score (nSPS) is 25.4. The van der Waals surface area contributed by atoms with E-state index in [9.17, 15) is 4.79 Å². The zero-order valence-corrected chi connectivity index (χ0v) is 11.5. The van der Waals surface area contributed by atoms with E-state index >= 15 is 0 Å². The highest BCUT2D eigenvalue weighted by Crippen LogP contribution is 2.24. The molecular weight excluding hydrogens is 220 g/mol. The first-order valence-electron chi connectivity index (χ1n) is 6.31. The van der Waals surface area contributed by atoms with Crippen LogP contribution in [0.3, 0.4) is 0 Å². The Morgan fingerprint density at radius 3 is 2.69 bits per heavy atom. The van der Waals surface area contributed by atoms with E-state index < -0.39 is 0 Å². The van der Waals surface area contributed by atoms with Crippen LogP contribution in [0.5, 0.6) is 0 Å². The minimum absolute atomic E-state index is 0.229. The van der Waals surface area contributed by atoms with Crippen LogP contribution >= 0.6 is 11.8 Å². The van der Waals surface area contributed by atoms with Crippen molar-refractivity contribution in [1.82, 2.24) is 10.2 Å². The third-order valence-electron chi connectivity index (χ3n) is 3.24. The average Bonchev–Trinajstić information content (AvgIpc) is 2.29. The molecule has 1 fully saturated rings. The lowest BCUT2D eigenvalue weighted by molar-refractivity contribution is -0.130. The summed E-state index contributed by atoms with van der Waals surface area (Å²) in [5.41, 5.74) is 0. The number of likely N-dealkylation sites (N-methyl/N-ethyl adjacent to an activating group) is 1. The number of thioether (sulfide) groups is 1. The summed E-state index contributed by atoms with van der Waals surface area (Å²) in [7, 11) is 0. The maximum Gasteiger partial charge on any atom is 0.236 e. The molecule has 1 saturated heterocycles. The Morgan fingerprint density at radius 2 is 2.12 bits per heavy atom. The van der Waals surface area contributed by atoms with Crippen LogP contribution in [0.4, 0.5) is 0 Å². The predicted molar refractivity (Wildman–Crippen MR) is 70.9 cm³/mol. The largest absolute Gasteiger partial charge is 0.342 e. The second-order valence-electron chi connectivity index (χ2n) is 4.27. The van der Waals surface area contributed by atoms with Gasteiger partial charge in [0.15, 0.2) is 0 Å². The highest BCUT2D eigenvalue weighted by molar-refractivity contribution is 7.99. The van der Waals surface area contributed by atoms with Gasteiger partial charge in [0.1, 0.15) is 0 Å². The van der Waals surface area contributed by atoms with Gasteiger partial charge in [0, 0.05) is 24.4 Å². The van der Waals surface area contributed by atoms with Gasteiger partial charge >= 0.3 is 0 Å². The number of carbonyl (C=O) groups excluding carboxylic acids is 1. The summed E-state index contributed by atoms with van der Waals surface area (Å²) in [4.78, 5) is 13.7. The molecule has 0 radical (unpaired) electrons. The van der Waals surface area contributed by atoms with Crippen molar-refractivity contribution in [3.8, 4) is 0 Å². The lowest BCUT2D eigenvalue weighted by atomic mass is 10.1. The van der Waals surface area contributed by atoms with Crippen LogP contribution in [0.25, 0.3) is 0 Å². The van der Waals surface area contributed by atoms with Crippen LogP contribution in [0.2, 0.25) is 0 Å². The number of hydrogen-bond acceptors (Lipinski definition) is 3. The van der Waals surface area contributed by atoms with Crippen LogP contribution in [-0.2, 0) is 4.79 Å². The van der Waals surface area contributed by atoms with E-state index in [0.29, 0.717) is 17.8 Å². The van der Waals surface area contributed by atoms with Gasteiger partial charge < -0.3 is 10.2 Å². The summed E-state index contributed by atoms with van der Waals surface area (Å²) in [5.74, 6) is 1.50. The van der Waals surface area contributed by atoms with Gasteiger partial charge in [-0.25, -0.2) is 0 Å². The smallest absolute Gasteiger partial charge is 0.236 e. The summed E-state index contributed by atoms with van der Waals surface area (Å²) in [6.07, 6.45) is 2.48. The number of nitrogens with one attached hydrogen (secondary N) is 1. The van der Waals surface area contributed by atoms with Gasteiger partial charge in [-0.1, -0.05) is 6.92 Å². The molecule has 1 aliphatic heterocycles. The van der Waals surface area contributed by atoms with Gasteiger partial charge in [0.2, 0.25) is 5.91 Å². The van der Waals surface area contributed by atoms with Crippen LogP contribution < -0.4 is 5.32 Å². The molecule has 3 nitrogen and oxygen atoms in total. The van der Waals surface area contributed by atoms with E-state index in [1.165, 1.54) is 18.6 Å². The van der Waals surface area contributed by atoms with Gasteiger partial charge in [-0.15, -0.1) is 0 Å². The van der Waals surface area contributed by atoms with Gasteiger partial charge in [-0.2, -0.15) is 11.8 Å². The lowest BCUT2D eigenvalue weighted by Crippen LogP contribution is -2.45. The Hall–Kier alpha value is -0.220. The second-order valence-corrected chi connectivity index (χ2v) is 5.76. The summed E-state index contributed by atoms with van der Waals surface area (Å²) < 4.78 is 0. The summed E-state index contributed by atoms with van der Waals surface area (Å²) in [5, 5.41) is 4.05. The third-order valence-corrected chi connectivity index (χ3v) is 4.62. The molecule has 0 bridgehead atoms. The molecule has 0 aliphatic carbocycles. The van der Waals surface area contributed by atoms with Crippen molar-refractivity contribution in [2.45, 2.75) is 44.9 Å². The fraction of sp³-hybridized carbons (Fsp3) is 0.917. The van der Waals surface area contributed by atoms with Gasteiger partial charge in [0.25, 0.3) is 0 Å². The summed E-state index contributed by atoms with van der Waals surface area (Å²) in [6.45, 7) is 8.43. The molecule has 0 spiro atoms. The van der Waals surface area contributed by atoms with E-state index in [2.05, 4.69) is 12.2 Å². The first kappa shape index (κ1) is 13.8.